The molecule has 0 aromatic carbocycles. The maximum atomic E-state index is 11.6. The highest BCUT2D eigenvalue weighted by atomic mass is 16.5. The van der Waals surface area contributed by atoms with Crippen molar-refractivity contribution >= 4 is 11.8 Å². The first kappa shape index (κ1) is 8.03. The van der Waals surface area contributed by atoms with Gasteiger partial charge < -0.3 is 0 Å². The first-order valence-electron chi connectivity index (χ1n) is 5.59. The molecule has 0 atom stereocenters. The molecule has 0 spiro atoms. The second kappa shape index (κ2) is 1.69. The van der Waals surface area contributed by atoms with E-state index in [1.165, 1.54) is 0 Å². The van der Waals surface area contributed by atoms with Gasteiger partial charge >= 0.3 is 0 Å². The van der Waals surface area contributed by atoms with Crippen LogP contribution in [-0.2, 0) is 9.59 Å². The minimum Gasteiger partial charge on any atom is -0.289 e. The lowest BCUT2D eigenvalue weighted by Crippen LogP contribution is -3.12. The third-order valence-corrected chi connectivity index (χ3v) is 6.62. The van der Waals surface area contributed by atoms with Gasteiger partial charge in [0.1, 0.15) is 0 Å². The van der Waals surface area contributed by atoms with Crippen LogP contribution in [0.5, 0.6) is 0 Å². The molecule has 0 bridgehead atoms. The van der Waals surface area contributed by atoms with Crippen LogP contribution in [0.25, 0.3) is 0 Å². The standard InChI is InChI=1S/C10H10N2O4/c13-7(11-15)9-1-2-4(9)6-5(9)3(1)10(2,6)8(14)12-16/h1-6,15-16H,(H,11,13)(H,12,14). The van der Waals surface area contributed by atoms with Gasteiger partial charge in [0.15, 0.2) is 0 Å². The average molecular weight is 222 g/mol. The summed E-state index contributed by atoms with van der Waals surface area (Å²) in [5, 5.41) is 17.5. The van der Waals surface area contributed by atoms with Crippen molar-refractivity contribution in [2.24, 2.45) is 46.3 Å². The predicted molar refractivity (Wildman–Crippen MR) is 45.7 cm³/mol. The van der Waals surface area contributed by atoms with Crippen molar-refractivity contribution in [1.29, 1.82) is 0 Å². The fraction of sp³-hybridized carbons (Fsp3) is 0.800. The summed E-state index contributed by atoms with van der Waals surface area (Å²) in [6, 6.07) is 0. The van der Waals surface area contributed by atoms with Gasteiger partial charge in [-0.3, -0.25) is 20.0 Å². The fourth-order valence-electron chi connectivity index (χ4n) is 6.63. The van der Waals surface area contributed by atoms with Crippen molar-refractivity contribution in [3.05, 3.63) is 0 Å². The van der Waals surface area contributed by atoms with E-state index in [1.54, 1.807) is 11.0 Å². The van der Waals surface area contributed by atoms with Crippen LogP contribution < -0.4 is 11.0 Å². The Balaban J connectivity index is 1.54. The number of hydrogen-bond donors (Lipinski definition) is 4. The smallest absolute Gasteiger partial charge is 0.250 e. The van der Waals surface area contributed by atoms with E-state index in [4.69, 9.17) is 10.4 Å². The highest BCUT2D eigenvalue weighted by Gasteiger charge is 3.13. The SMILES string of the molecule is O=C(NO)C12C3C4C1C1C2C3C41C(=O)NO. The zero-order valence-corrected chi connectivity index (χ0v) is 8.18. The van der Waals surface area contributed by atoms with E-state index >= 15 is 0 Å². The van der Waals surface area contributed by atoms with E-state index in [-0.39, 0.29) is 58.2 Å². The van der Waals surface area contributed by atoms with Gasteiger partial charge in [0, 0.05) is 0 Å². The van der Waals surface area contributed by atoms with Crippen LogP contribution in [0, 0.1) is 46.3 Å². The van der Waals surface area contributed by atoms with Gasteiger partial charge in [-0.05, 0) is 35.5 Å². The molecule has 6 aliphatic rings. The van der Waals surface area contributed by atoms with Crippen LogP contribution in [0.3, 0.4) is 0 Å². The molecule has 6 heteroatoms. The molecule has 0 aromatic heterocycles. The molecule has 2 amide bonds. The molecule has 6 rings (SSSR count). The Bertz CT molecular complexity index is 390. The summed E-state index contributed by atoms with van der Waals surface area (Å²) in [6.07, 6.45) is 0. The Hall–Kier alpha value is -1.14. The first-order chi connectivity index (χ1) is 7.69. The molecule has 0 unspecified atom stereocenters. The van der Waals surface area contributed by atoms with Crippen molar-refractivity contribution in [2.75, 3.05) is 0 Å². The van der Waals surface area contributed by atoms with Crippen LogP contribution in [0.2, 0.25) is 0 Å². The third kappa shape index (κ3) is 0.323. The van der Waals surface area contributed by atoms with Gasteiger partial charge in [-0.2, -0.15) is 0 Å². The first-order valence-corrected chi connectivity index (χ1v) is 5.59. The van der Waals surface area contributed by atoms with Crippen molar-refractivity contribution in [2.45, 2.75) is 0 Å². The maximum Gasteiger partial charge on any atom is 0.250 e. The van der Waals surface area contributed by atoms with Crippen LogP contribution in [0.15, 0.2) is 0 Å². The van der Waals surface area contributed by atoms with E-state index in [0.29, 0.717) is 0 Å². The molecule has 6 saturated carbocycles. The van der Waals surface area contributed by atoms with Gasteiger partial charge in [0.2, 0.25) is 11.8 Å². The average Bonchev–Trinajstić information content (AvgIpc) is 2.36. The number of rotatable bonds is 2. The topological polar surface area (TPSA) is 98.7 Å². The van der Waals surface area contributed by atoms with E-state index in [2.05, 4.69) is 0 Å². The summed E-state index contributed by atoms with van der Waals surface area (Å²) in [4.78, 5) is 23.3. The predicted octanol–water partition coefficient (Wildman–Crippen LogP) is -1.26. The molecule has 16 heavy (non-hydrogen) atoms. The van der Waals surface area contributed by atoms with Gasteiger partial charge in [-0.25, -0.2) is 11.0 Å². The molecule has 6 aliphatic carbocycles. The second-order valence-corrected chi connectivity index (χ2v) is 5.90. The van der Waals surface area contributed by atoms with Crippen molar-refractivity contribution in [1.82, 2.24) is 11.0 Å². The molecule has 0 saturated heterocycles. The highest BCUT2D eigenvalue weighted by molar-refractivity contribution is 5.99. The Kier molecular flexibility index (Phi) is 0.846. The van der Waals surface area contributed by atoms with Crippen LogP contribution in [-0.4, -0.2) is 22.2 Å². The zero-order valence-electron chi connectivity index (χ0n) is 8.18. The minimum absolute atomic E-state index is 0.256. The molecule has 0 heterocycles. The highest BCUT2D eigenvalue weighted by Crippen LogP contribution is 3.10. The number of amides is 2. The normalized spacial score (nSPS) is 68.4. The van der Waals surface area contributed by atoms with Crippen molar-refractivity contribution in [3.8, 4) is 0 Å². The third-order valence-electron chi connectivity index (χ3n) is 6.62. The zero-order chi connectivity index (χ0) is 11.0. The second-order valence-electron chi connectivity index (χ2n) is 5.90. The molecule has 0 aromatic rings. The minimum atomic E-state index is -0.327. The molecule has 84 valence electrons. The summed E-state index contributed by atoms with van der Waals surface area (Å²) in [7, 11) is 0. The van der Waals surface area contributed by atoms with E-state index in [9.17, 15) is 9.59 Å². The maximum absolute atomic E-state index is 11.6. The molecular weight excluding hydrogens is 212 g/mol. The van der Waals surface area contributed by atoms with Crippen LogP contribution in [0.1, 0.15) is 0 Å². The van der Waals surface area contributed by atoms with E-state index < -0.39 is 0 Å². The molecule has 6 nitrogen and oxygen atoms in total. The molecule has 0 radical (unpaired) electrons. The monoisotopic (exact) mass is 222 g/mol. The quantitative estimate of drug-likeness (QED) is 0.346. The summed E-state index contributed by atoms with van der Waals surface area (Å²) in [5.41, 5.74) is 2.88. The number of hydroxylamine groups is 2. The lowest BCUT2D eigenvalue weighted by Gasteiger charge is -3.09. The fourth-order valence-corrected chi connectivity index (χ4v) is 6.63. The molecular formula is C10H10N2O4. The molecule has 6 fully saturated rings. The Morgan fingerprint density at radius 1 is 0.750 bits per heavy atom. The summed E-state index contributed by atoms with van der Waals surface area (Å²) in [6.45, 7) is 0. The Morgan fingerprint density at radius 2 is 1.00 bits per heavy atom. The largest absolute Gasteiger partial charge is 0.289 e. The summed E-state index contributed by atoms with van der Waals surface area (Å²) >= 11 is 0. The van der Waals surface area contributed by atoms with Gasteiger partial charge in [0.25, 0.3) is 0 Å². The number of nitrogens with one attached hydrogen (secondary N) is 2. The Morgan fingerprint density at radius 3 is 1.19 bits per heavy atom. The Labute approximate surface area is 89.9 Å². The van der Waals surface area contributed by atoms with Crippen LogP contribution in [0.4, 0.5) is 0 Å². The van der Waals surface area contributed by atoms with Gasteiger partial charge in [-0.1, -0.05) is 0 Å². The number of carbonyl (C=O) groups is 2. The number of hydrogen-bond acceptors (Lipinski definition) is 4. The van der Waals surface area contributed by atoms with Gasteiger partial charge in [0.05, 0.1) is 10.8 Å². The lowest BCUT2D eigenvalue weighted by atomic mass is 8.92. The molecule has 4 N–H and O–H groups in total. The molecule has 0 aliphatic heterocycles. The van der Waals surface area contributed by atoms with E-state index in [1.807, 2.05) is 0 Å². The van der Waals surface area contributed by atoms with Crippen molar-refractivity contribution in [3.63, 3.8) is 0 Å². The summed E-state index contributed by atoms with van der Waals surface area (Å²) < 4.78 is 0. The summed E-state index contributed by atoms with van der Waals surface area (Å²) in [5.74, 6) is 1.22. The van der Waals surface area contributed by atoms with Crippen molar-refractivity contribution < 1.29 is 20.0 Å². The van der Waals surface area contributed by atoms with Crippen LogP contribution >= 0.6 is 0 Å². The van der Waals surface area contributed by atoms with E-state index in [0.717, 1.165) is 0 Å². The lowest BCUT2D eigenvalue weighted by molar-refractivity contribution is -0.625. The van der Waals surface area contributed by atoms with Gasteiger partial charge in [-0.15, -0.1) is 0 Å². The number of carbonyl (C=O) groups excluding carboxylic acids is 2.